The Kier molecular flexibility index (Phi) is 7.24. The van der Waals surface area contributed by atoms with Gasteiger partial charge in [-0.2, -0.15) is 10.4 Å². The Bertz CT molecular complexity index is 1690. The van der Waals surface area contributed by atoms with Crippen LogP contribution in [0, 0.1) is 16.7 Å². The van der Waals surface area contributed by atoms with Crippen molar-refractivity contribution in [1.29, 1.82) is 5.26 Å². The van der Waals surface area contributed by atoms with E-state index in [1.807, 2.05) is 30.7 Å². The highest BCUT2D eigenvalue weighted by Crippen LogP contribution is 2.38. The highest BCUT2D eigenvalue weighted by molar-refractivity contribution is 5.83. The second kappa shape index (κ2) is 11.6. The Morgan fingerprint density at radius 1 is 1.09 bits per heavy atom. The maximum absolute atomic E-state index is 9.78. The van der Waals surface area contributed by atoms with Crippen LogP contribution in [-0.2, 0) is 11.3 Å². The first-order chi connectivity index (χ1) is 22.1. The molecule has 45 heavy (non-hydrogen) atoms. The van der Waals surface area contributed by atoms with E-state index in [4.69, 9.17) is 24.2 Å². The zero-order valence-corrected chi connectivity index (χ0v) is 25.5. The van der Waals surface area contributed by atoms with Crippen molar-refractivity contribution in [2.45, 2.75) is 37.9 Å². The number of likely N-dealkylation sites (tertiary alicyclic amines) is 1. The normalized spacial score (nSPS) is 22.5. The van der Waals surface area contributed by atoms with Crippen LogP contribution < -0.4 is 14.4 Å². The van der Waals surface area contributed by atoms with Crippen LogP contribution in [-0.4, -0.2) is 106 Å². The van der Waals surface area contributed by atoms with Crippen molar-refractivity contribution >= 4 is 11.3 Å². The summed E-state index contributed by atoms with van der Waals surface area (Å²) in [6.07, 6.45) is 12.6. The molecule has 2 atom stereocenters. The second-order valence-corrected chi connectivity index (χ2v) is 12.9. The first-order valence-electron chi connectivity index (χ1n) is 15.8. The zero-order valence-electron chi connectivity index (χ0n) is 25.5. The van der Waals surface area contributed by atoms with E-state index in [1.54, 1.807) is 24.0 Å². The van der Waals surface area contributed by atoms with E-state index in [2.05, 4.69) is 36.9 Å². The number of methoxy groups -OCH3 is 1. The predicted octanol–water partition coefficient (Wildman–Crippen LogP) is 3.02. The largest absolute Gasteiger partial charge is 0.491 e. The molecule has 12 heteroatoms. The molecule has 0 saturated carbocycles. The third-order valence-electron chi connectivity index (χ3n) is 9.86. The molecule has 1 spiro atoms. The van der Waals surface area contributed by atoms with Gasteiger partial charge in [0.05, 0.1) is 55.3 Å². The van der Waals surface area contributed by atoms with Crippen molar-refractivity contribution in [2.75, 3.05) is 64.6 Å². The molecular formula is C33H37N9O3. The molecule has 5 saturated heterocycles. The van der Waals surface area contributed by atoms with Crippen LogP contribution in [0.5, 0.6) is 11.6 Å². The van der Waals surface area contributed by atoms with E-state index in [0.29, 0.717) is 52.5 Å². The molecule has 2 bridgehead atoms. The number of piperazine rings is 1. The summed E-state index contributed by atoms with van der Waals surface area (Å²) in [5, 5.41) is 14.2. The summed E-state index contributed by atoms with van der Waals surface area (Å²) in [5.41, 5.74) is 4.21. The molecule has 5 aliphatic rings. The fraction of sp³-hybridized carbons (Fsp3) is 0.485. The fourth-order valence-corrected chi connectivity index (χ4v) is 7.56. The summed E-state index contributed by atoms with van der Waals surface area (Å²) in [5.74, 6) is 2.20. The molecule has 5 aliphatic heterocycles. The van der Waals surface area contributed by atoms with Gasteiger partial charge in [0.25, 0.3) is 0 Å². The minimum Gasteiger partial charge on any atom is -0.491 e. The molecule has 0 N–H and O–H groups in total. The topological polar surface area (TPSA) is 117 Å². The number of piperidine rings is 1. The number of hydrogen-bond donors (Lipinski definition) is 0. The Labute approximate surface area is 262 Å². The predicted molar refractivity (Wildman–Crippen MR) is 166 cm³/mol. The molecule has 4 aromatic rings. The summed E-state index contributed by atoms with van der Waals surface area (Å²) in [6, 6.07) is 9.18. The molecule has 0 aromatic carbocycles. The SMILES string of the molecule is COc1ccc(CN2C3CC2CN(c2cnc(-c4cc(OCCN5CC6(CCCOC6)C5)cn5ncc(C#N)c45)cn2)C3)cn1. The van der Waals surface area contributed by atoms with E-state index >= 15 is 0 Å². The molecule has 9 rings (SSSR count). The summed E-state index contributed by atoms with van der Waals surface area (Å²) >= 11 is 0. The smallest absolute Gasteiger partial charge is 0.212 e. The lowest BCUT2D eigenvalue weighted by Crippen LogP contribution is -2.68. The van der Waals surface area contributed by atoms with Crippen molar-refractivity contribution in [3.63, 3.8) is 0 Å². The second-order valence-electron chi connectivity index (χ2n) is 12.9. The van der Waals surface area contributed by atoms with Gasteiger partial charge in [0, 0.05) is 81.2 Å². The number of rotatable bonds is 9. The Balaban J connectivity index is 0.933. The van der Waals surface area contributed by atoms with Crippen LogP contribution in [0.4, 0.5) is 5.82 Å². The maximum atomic E-state index is 9.78. The number of pyridine rings is 2. The van der Waals surface area contributed by atoms with Crippen LogP contribution in [0.1, 0.15) is 30.4 Å². The van der Waals surface area contributed by atoms with Crippen molar-refractivity contribution in [3.05, 3.63) is 60.3 Å². The number of nitriles is 1. The molecule has 2 unspecified atom stereocenters. The number of aromatic nitrogens is 5. The molecule has 0 radical (unpaired) electrons. The molecule has 12 nitrogen and oxygen atoms in total. The Morgan fingerprint density at radius 2 is 1.98 bits per heavy atom. The Hall–Kier alpha value is -4.31. The van der Waals surface area contributed by atoms with E-state index in [-0.39, 0.29) is 0 Å². The third kappa shape index (κ3) is 5.35. The van der Waals surface area contributed by atoms with Gasteiger partial charge in [-0.1, -0.05) is 6.07 Å². The first kappa shape index (κ1) is 28.2. The summed E-state index contributed by atoms with van der Waals surface area (Å²) in [6.45, 7) is 8.06. The minimum atomic E-state index is 0.348. The molecule has 9 heterocycles. The summed E-state index contributed by atoms with van der Waals surface area (Å²) in [7, 11) is 1.64. The average Bonchev–Trinajstić information content (AvgIpc) is 3.50. The third-order valence-corrected chi connectivity index (χ3v) is 9.86. The number of fused-ring (bicyclic) bond motifs is 3. The number of anilines is 1. The quantitative estimate of drug-likeness (QED) is 0.280. The molecule has 232 valence electrons. The molecule has 5 fully saturated rings. The van der Waals surface area contributed by atoms with Crippen LogP contribution in [0.25, 0.3) is 16.8 Å². The molecule has 0 aliphatic carbocycles. The average molecular weight is 608 g/mol. The number of ether oxygens (including phenoxy) is 3. The van der Waals surface area contributed by atoms with E-state index in [1.165, 1.54) is 18.4 Å². The van der Waals surface area contributed by atoms with Gasteiger partial charge in [0.15, 0.2) is 0 Å². The van der Waals surface area contributed by atoms with Crippen molar-refractivity contribution in [3.8, 4) is 29.0 Å². The fourth-order valence-electron chi connectivity index (χ4n) is 7.56. The summed E-state index contributed by atoms with van der Waals surface area (Å²) < 4.78 is 18.8. The highest BCUT2D eigenvalue weighted by Gasteiger charge is 2.45. The lowest BCUT2D eigenvalue weighted by atomic mass is 9.75. The summed E-state index contributed by atoms with van der Waals surface area (Å²) in [4.78, 5) is 21.3. The van der Waals surface area contributed by atoms with Gasteiger partial charge in [-0.25, -0.2) is 14.5 Å². The first-order valence-corrected chi connectivity index (χ1v) is 15.8. The lowest BCUT2D eigenvalue weighted by Gasteiger charge is -2.56. The molecule has 4 aromatic heterocycles. The van der Waals surface area contributed by atoms with Crippen LogP contribution in [0.15, 0.2) is 49.2 Å². The van der Waals surface area contributed by atoms with Crippen molar-refractivity contribution < 1.29 is 14.2 Å². The van der Waals surface area contributed by atoms with Gasteiger partial charge in [0.2, 0.25) is 5.88 Å². The highest BCUT2D eigenvalue weighted by atomic mass is 16.5. The maximum Gasteiger partial charge on any atom is 0.212 e. The standard InChI is InChI=1S/C33H37N9O3/c1-43-31-4-3-23(12-37-31)16-41-25-9-26(41)18-40(17-25)30-15-35-29(14-36-30)28-10-27(19-42-32(28)24(11-34)13-38-42)45-8-6-39-20-33(21-39)5-2-7-44-22-33/h3-4,10,12-15,19,25-26H,2,5-9,16-18,20-22H2,1H3. The van der Waals surface area contributed by atoms with E-state index < -0.39 is 0 Å². The Morgan fingerprint density at radius 3 is 2.69 bits per heavy atom. The van der Waals surface area contributed by atoms with E-state index in [9.17, 15) is 5.26 Å². The number of nitrogens with zero attached hydrogens (tertiary/aromatic N) is 9. The zero-order chi connectivity index (χ0) is 30.4. The monoisotopic (exact) mass is 607 g/mol. The van der Waals surface area contributed by atoms with Gasteiger partial charge in [-0.05, 0) is 30.9 Å². The van der Waals surface area contributed by atoms with E-state index in [0.717, 1.165) is 70.3 Å². The van der Waals surface area contributed by atoms with Gasteiger partial charge in [-0.3, -0.25) is 14.8 Å². The van der Waals surface area contributed by atoms with Crippen molar-refractivity contribution in [1.82, 2.24) is 34.4 Å². The van der Waals surface area contributed by atoms with Crippen LogP contribution in [0.3, 0.4) is 0 Å². The molecular weight excluding hydrogens is 570 g/mol. The van der Waals surface area contributed by atoms with Gasteiger partial charge < -0.3 is 19.1 Å². The van der Waals surface area contributed by atoms with Gasteiger partial charge in [-0.15, -0.1) is 0 Å². The molecule has 0 amide bonds. The minimum absolute atomic E-state index is 0.348. The van der Waals surface area contributed by atoms with Crippen molar-refractivity contribution in [2.24, 2.45) is 5.41 Å². The van der Waals surface area contributed by atoms with Gasteiger partial charge >= 0.3 is 0 Å². The van der Waals surface area contributed by atoms with Crippen LogP contribution >= 0.6 is 0 Å². The van der Waals surface area contributed by atoms with Crippen LogP contribution in [0.2, 0.25) is 0 Å². The lowest BCUT2D eigenvalue weighted by molar-refractivity contribution is -0.102. The van der Waals surface area contributed by atoms with Gasteiger partial charge in [0.1, 0.15) is 24.2 Å². The number of hydrogen-bond acceptors (Lipinski definition) is 11.